The standard InChI is InChI=1S/C14H20N2O7/c17-7-9-11(19)12(20)13(23-9)15-4-3-10(18)16(14(15)21)6-8-2-1-5-22-8/h3-4,8-9,11-13,17,19-20H,1-2,5-7H2. The molecule has 9 nitrogen and oxygen atoms in total. The third-order valence-electron chi connectivity index (χ3n) is 4.30. The van der Waals surface area contributed by atoms with Crippen LogP contribution < -0.4 is 11.2 Å². The molecule has 23 heavy (non-hydrogen) atoms. The maximum absolute atomic E-state index is 12.5. The first-order valence-corrected chi connectivity index (χ1v) is 7.59. The molecule has 0 saturated carbocycles. The lowest BCUT2D eigenvalue weighted by Gasteiger charge is -2.19. The van der Waals surface area contributed by atoms with E-state index in [1.54, 1.807) is 0 Å². The molecule has 2 aliphatic heterocycles. The smallest absolute Gasteiger partial charge is 0.333 e. The maximum Gasteiger partial charge on any atom is 0.333 e. The molecule has 2 saturated heterocycles. The summed E-state index contributed by atoms with van der Waals surface area (Å²) >= 11 is 0. The SMILES string of the molecule is O=c1ccn(C2OC(CO)C(O)C2O)c(=O)n1CC1CCCO1. The van der Waals surface area contributed by atoms with Gasteiger partial charge in [0.25, 0.3) is 5.56 Å². The summed E-state index contributed by atoms with van der Waals surface area (Å²) in [5.41, 5.74) is -1.11. The van der Waals surface area contributed by atoms with Gasteiger partial charge in [0.2, 0.25) is 0 Å². The van der Waals surface area contributed by atoms with Crippen molar-refractivity contribution in [3.8, 4) is 0 Å². The number of hydrogen-bond acceptors (Lipinski definition) is 7. The number of ether oxygens (including phenoxy) is 2. The van der Waals surface area contributed by atoms with Gasteiger partial charge in [-0.3, -0.25) is 13.9 Å². The van der Waals surface area contributed by atoms with Crippen LogP contribution in [-0.4, -0.2) is 62.1 Å². The molecule has 3 N–H and O–H groups in total. The van der Waals surface area contributed by atoms with Crippen molar-refractivity contribution < 1.29 is 24.8 Å². The minimum absolute atomic E-state index is 0.132. The van der Waals surface area contributed by atoms with E-state index in [0.717, 1.165) is 22.0 Å². The molecule has 0 spiro atoms. The van der Waals surface area contributed by atoms with Gasteiger partial charge in [0.15, 0.2) is 6.23 Å². The Bertz CT molecular complexity index is 664. The number of aromatic nitrogens is 2. The molecular weight excluding hydrogens is 308 g/mol. The lowest BCUT2D eigenvalue weighted by Crippen LogP contribution is -2.44. The van der Waals surface area contributed by atoms with Gasteiger partial charge in [-0.1, -0.05) is 0 Å². The summed E-state index contributed by atoms with van der Waals surface area (Å²) < 4.78 is 12.9. The monoisotopic (exact) mass is 328 g/mol. The van der Waals surface area contributed by atoms with Gasteiger partial charge in [0.05, 0.1) is 19.3 Å². The van der Waals surface area contributed by atoms with Gasteiger partial charge in [0.1, 0.15) is 18.3 Å². The third-order valence-corrected chi connectivity index (χ3v) is 4.30. The molecule has 0 amide bonds. The van der Waals surface area contributed by atoms with Crippen LogP contribution in [0.2, 0.25) is 0 Å². The molecule has 1 aromatic heterocycles. The van der Waals surface area contributed by atoms with Crippen molar-refractivity contribution in [2.24, 2.45) is 0 Å². The maximum atomic E-state index is 12.5. The number of aliphatic hydroxyl groups excluding tert-OH is 3. The fourth-order valence-electron chi connectivity index (χ4n) is 2.99. The first-order valence-electron chi connectivity index (χ1n) is 7.59. The number of rotatable bonds is 4. The van der Waals surface area contributed by atoms with Crippen molar-refractivity contribution in [1.29, 1.82) is 0 Å². The Balaban J connectivity index is 1.91. The number of hydrogen-bond donors (Lipinski definition) is 3. The van der Waals surface area contributed by atoms with Gasteiger partial charge in [-0.15, -0.1) is 0 Å². The highest BCUT2D eigenvalue weighted by atomic mass is 16.6. The Hall–Kier alpha value is -1.52. The van der Waals surface area contributed by atoms with Crippen LogP contribution in [0.25, 0.3) is 0 Å². The zero-order chi connectivity index (χ0) is 16.6. The second kappa shape index (κ2) is 6.54. The topological polar surface area (TPSA) is 123 Å². The van der Waals surface area contributed by atoms with Crippen LogP contribution in [0.4, 0.5) is 0 Å². The first-order chi connectivity index (χ1) is 11.0. The van der Waals surface area contributed by atoms with Crippen molar-refractivity contribution in [1.82, 2.24) is 9.13 Å². The van der Waals surface area contributed by atoms with E-state index in [0.29, 0.717) is 6.61 Å². The average Bonchev–Trinajstić information content (AvgIpc) is 3.14. The Morgan fingerprint density at radius 1 is 1.26 bits per heavy atom. The summed E-state index contributed by atoms with van der Waals surface area (Å²) in [6, 6.07) is 1.20. The summed E-state index contributed by atoms with van der Waals surface area (Å²) in [5, 5.41) is 28.9. The molecule has 128 valence electrons. The molecule has 0 bridgehead atoms. The Labute approximate surface area is 131 Å². The second-order valence-electron chi connectivity index (χ2n) is 5.82. The summed E-state index contributed by atoms with van der Waals surface area (Å²) in [4.78, 5) is 24.5. The molecule has 0 aromatic carbocycles. The quantitative estimate of drug-likeness (QED) is 0.573. The normalized spacial score (nSPS) is 34.1. The first kappa shape index (κ1) is 16.3. The lowest BCUT2D eigenvalue weighted by atomic mass is 10.1. The Morgan fingerprint density at radius 2 is 2.04 bits per heavy atom. The molecule has 3 heterocycles. The zero-order valence-electron chi connectivity index (χ0n) is 12.4. The molecule has 1 aromatic rings. The number of nitrogens with zero attached hydrogens (tertiary/aromatic N) is 2. The summed E-state index contributed by atoms with van der Waals surface area (Å²) in [6.07, 6.45) is -2.15. The van der Waals surface area contributed by atoms with Crippen LogP contribution in [0.15, 0.2) is 21.9 Å². The minimum Gasteiger partial charge on any atom is -0.394 e. The van der Waals surface area contributed by atoms with E-state index >= 15 is 0 Å². The van der Waals surface area contributed by atoms with Gasteiger partial charge in [-0.25, -0.2) is 4.79 Å². The third kappa shape index (κ3) is 2.98. The van der Waals surface area contributed by atoms with Crippen LogP contribution in [0.3, 0.4) is 0 Å². The van der Waals surface area contributed by atoms with Gasteiger partial charge in [-0.05, 0) is 12.8 Å². The van der Waals surface area contributed by atoms with E-state index in [1.807, 2.05) is 0 Å². The van der Waals surface area contributed by atoms with E-state index in [-0.39, 0.29) is 12.6 Å². The number of aliphatic hydroxyl groups is 3. The van der Waals surface area contributed by atoms with Gasteiger partial charge < -0.3 is 24.8 Å². The predicted octanol–water partition coefficient (Wildman–Crippen LogP) is -2.20. The van der Waals surface area contributed by atoms with E-state index in [4.69, 9.17) is 14.6 Å². The van der Waals surface area contributed by atoms with Crippen molar-refractivity contribution in [3.05, 3.63) is 33.1 Å². The molecular formula is C14H20N2O7. The average molecular weight is 328 g/mol. The van der Waals surface area contributed by atoms with E-state index in [2.05, 4.69) is 0 Å². The molecule has 2 fully saturated rings. The van der Waals surface area contributed by atoms with Crippen LogP contribution in [-0.2, 0) is 16.0 Å². The zero-order valence-corrected chi connectivity index (χ0v) is 12.4. The second-order valence-corrected chi connectivity index (χ2v) is 5.82. The highest BCUT2D eigenvalue weighted by Crippen LogP contribution is 2.27. The summed E-state index contributed by atoms with van der Waals surface area (Å²) in [7, 11) is 0. The molecule has 0 radical (unpaired) electrons. The van der Waals surface area contributed by atoms with Crippen molar-refractivity contribution in [2.45, 2.75) is 50.0 Å². The molecule has 3 rings (SSSR count). The summed E-state index contributed by atoms with van der Waals surface area (Å²) in [5.74, 6) is 0. The van der Waals surface area contributed by atoms with Crippen molar-refractivity contribution >= 4 is 0 Å². The van der Waals surface area contributed by atoms with Gasteiger partial charge >= 0.3 is 5.69 Å². The van der Waals surface area contributed by atoms with Gasteiger partial charge in [-0.2, -0.15) is 0 Å². The molecule has 2 aliphatic rings. The van der Waals surface area contributed by atoms with Gasteiger partial charge in [0, 0.05) is 18.9 Å². The Kier molecular flexibility index (Phi) is 4.64. The largest absolute Gasteiger partial charge is 0.394 e. The van der Waals surface area contributed by atoms with Crippen LogP contribution >= 0.6 is 0 Å². The van der Waals surface area contributed by atoms with Crippen molar-refractivity contribution in [2.75, 3.05) is 13.2 Å². The molecule has 5 atom stereocenters. The van der Waals surface area contributed by atoms with Crippen LogP contribution in [0.1, 0.15) is 19.1 Å². The Morgan fingerprint density at radius 3 is 2.65 bits per heavy atom. The highest BCUT2D eigenvalue weighted by Gasteiger charge is 2.43. The van der Waals surface area contributed by atoms with Crippen LogP contribution in [0, 0.1) is 0 Å². The fraction of sp³-hybridized carbons (Fsp3) is 0.714. The van der Waals surface area contributed by atoms with Crippen LogP contribution in [0.5, 0.6) is 0 Å². The molecule has 5 unspecified atom stereocenters. The van der Waals surface area contributed by atoms with Crippen molar-refractivity contribution in [3.63, 3.8) is 0 Å². The predicted molar refractivity (Wildman–Crippen MR) is 76.9 cm³/mol. The van der Waals surface area contributed by atoms with E-state index < -0.39 is 42.4 Å². The highest BCUT2D eigenvalue weighted by molar-refractivity contribution is 4.94. The minimum atomic E-state index is -1.38. The molecule has 9 heteroatoms. The summed E-state index contributed by atoms with van der Waals surface area (Å²) in [6.45, 7) is 0.252. The van der Waals surface area contributed by atoms with E-state index in [1.165, 1.54) is 12.3 Å². The lowest BCUT2D eigenvalue weighted by molar-refractivity contribution is -0.0558. The van der Waals surface area contributed by atoms with E-state index in [9.17, 15) is 19.8 Å². The molecule has 0 aliphatic carbocycles. The fourth-order valence-corrected chi connectivity index (χ4v) is 2.99.